The molecule has 6 aromatic rings. The van der Waals surface area contributed by atoms with Crippen molar-refractivity contribution in [2.45, 2.75) is 26.5 Å². The average Bonchev–Trinajstić information content (AvgIpc) is 3.46. The minimum absolute atomic E-state index is 0.190. The fourth-order valence-corrected chi connectivity index (χ4v) is 6.48. The summed E-state index contributed by atoms with van der Waals surface area (Å²) >= 11 is 0. The number of nitrogens with one attached hydrogen (secondary N) is 1. The van der Waals surface area contributed by atoms with Crippen molar-refractivity contribution in [1.82, 2.24) is 23.4 Å². The van der Waals surface area contributed by atoms with Gasteiger partial charge in [0.05, 0.1) is 29.7 Å². The van der Waals surface area contributed by atoms with Crippen LogP contribution in [0.4, 0.5) is 17.2 Å². The van der Waals surface area contributed by atoms with Gasteiger partial charge < -0.3 is 24.3 Å². The molecule has 10 heteroatoms. The predicted octanol–water partition coefficient (Wildman–Crippen LogP) is 4.77. The quantitative estimate of drug-likeness (QED) is 0.267. The molecular weight excluding hydrogens is 578 g/mol. The van der Waals surface area contributed by atoms with E-state index in [2.05, 4.69) is 33.9 Å². The summed E-state index contributed by atoms with van der Waals surface area (Å²) in [5, 5.41) is 14.8. The Morgan fingerprint density at radius 1 is 0.891 bits per heavy atom. The highest BCUT2D eigenvalue weighted by Gasteiger charge is 2.20. The van der Waals surface area contributed by atoms with Gasteiger partial charge in [-0.1, -0.05) is 30.3 Å². The Bertz CT molecular complexity index is 2170. The van der Waals surface area contributed by atoms with Gasteiger partial charge in [-0.2, -0.15) is 0 Å². The van der Waals surface area contributed by atoms with Crippen molar-refractivity contribution in [3.05, 3.63) is 118 Å². The van der Waals surface area contributed by atoms with Gasteiger partial charge in [-0.05, 0) is 55.8 Å². The van der Waals surface area contributed by atoms with E-state index < -0.39 is 0 Å². The maximum Gasteiger partial charge on any atom is 0.279 e. The summed E-state index contributed by atoms with van der Waals surface area (Å²) in [7, 11) is 1.70. The molecule has 0 radical (unpaired) electrons. The fourth-order valence-electron chi connectivity index (χ4n) is 6.48. The Hall–Kier alpha value is -5.19. The van der Waals surface area contributed by atoms with Crippen molar-refractivity contribution in [1.29, 1.82) is 0 Å². The lowest BCUT2D eigenvalue weighted by Gasteiger charge is -2.38. The number of para-hydroxylation sites is 1. The van der Waals surface area contributed by atoms with Gasteiger partial charge in [0, 0.05) is 74.4 Å². The first-order chi connectivity index (χ1) is 22.3. The second-order valence-electron chi connectivity index (χ2n) is 12.1. The standard InChI is InChI=1S/C36H37N7O3/c1-24(2)40-13-15-41(16-14-40)27-11-12-34(37-21-27)38-30-19-26(22-39(3)35(30)45)28-8-6-10-32(29(28)23-44)43-18-17-42-31-9-5-4-7-25(31)20-33(42)36(43)46/h4-12,17-22,24,44H,13-16,23H2,1-3H3,(H,37,38). The van der Waals surface area contributed by atoms with Crippen LogP contribution in [-0.2, 0) is 13.7 Å². The Labute approximate surface area is 266 Å². The molecule has 10 nitrogen and oxygen atoms in total. The van der Waals surface area contributed by atoms with Crippen LogP contribution in [0.2, 0.25) is 0 Å². The third kappa shape index (κ3) is 5.25. The number of aliphatic hydroxyl groups excluding tert-OH is 1. The van der Waals surface area contributed by atoms with Crippen molar-refractivity contribution in [3.8, 4) is 16.8 Å². The van der Waals surface area contributed by atoms with E-state index in [0.717, 1.165) is 53.9 Å². The lowest BCUT2D eigenvalue weighted by Crippen LogP contribution is -2.48. The number of fused-ring (bicyclic) bond motifs is 3. The third-order valence-electron chi connectivity index (χ3n) is 9.03. The minimum Gasteiger partial charge on any atom is -0.392 e. The van der Waals surface area contributed by atoms with Gasteiger partial charge in [0.1, 0.15) is 17.0 Å². The van der Waals surface area contributed by atoms with Crippen LogP contribution in [-0.4, -0.2) is 60.7 Å². The lowest BCUT2D eigenvalue weighted by atomic mass is 9.99. The van der Waals surface area contributed by atoms with Gasteiger partial charge in [-0.15, -0.1) is 0 Å². The Balaban J connectivity index is 1.20. The van der Waals surface area contributed by atoms with Gasteiger partial charge in [-0.3, -0.25) is 19.1 Å². The zero-order valence-electron chi connectivity index (χ0n) is 26.2. The lowest BCUT2D eigenvalue weighted by molar-refractivity contribution is 0.209. The first-order valence-electron chi connectivity index (χ1n) is 15.6. The van der Waals surface area contributed by atoms with Crippen LogP contribution in [0.5, 0.6) is 0 Å². The summed E-state index contributed by atoms with van der Waals surface area (Å²) in [5.74, 6) is 0.564. The number of pyridine rings is 2. The molecule has 2 N–H and O–H groups in total. The van der Waals surface area contributed by atoms with Gasteiger partial charge >= 0.3 is 0 Å². The second-order valence-corrected chi connectivity index (χ2v) is 12.1. The van der Waals surface area contributed by atoms with Crippen molar-refractivity contribution in [2.24, 2.45) is 7.05 Å². The second kappa shape index (κ2) is 12.0. The summed E-state index contributed by atoms with van der Waals surface area (Å²) in [6.07, 6.45) is 7.18. The highest BCUT2D eigenvalue weighted by Crippen LogP contribution is 2.30. The first kappa shape index (κ1) is 29.5. The number of aromatic nitrogens is 4. The van der Waals surface area contributed by atoms with Gasteiger partial charge in [0.25, 0.3) is 11.1 Å². The Morgan fingerprint density at radius 2 is 1.70 bits per heavy atom. The van der Waals surface area contributed by atoms with Crippen molar-refractivity contribution < 1.29 is 5.11 Å². The van der Waals surface area contributed by atoms with Crippen molar-refractivity contribution >= 4 is 33.6 Å². The summed E-state index contributed by atoms with van der Waals surface area (Å²) in [4.78, 5) is 36.4. The molecular formula is C36H37N7O3. The van der Waals surface area contributed by atoms with E-state index in [0.29, 0.717) is 34.3 Å². The molecule has 0 bridgehead atoms. The maximum absolute atomic E-state index is 13.7. The number of hydrogen-bond donors (Lipinski definition) is 2. The third-order valence-corrected chi connectivity index (χ3v) is 9.03. The van der Waals surface area contributed by atoms with Gasteiger partial charge in [-0.25, -0.2) is 4.98 Å². The van der Waals surface area contributed by atoms with E-state index in [4.69, 9.17) is 0 Å². The van der Waals surface area contributed by atoms with Crippen LogP contribution < -0.4 is 21.3 Å². The molecule has 1 aliphatic heterocycles. The zero-order chi connectivity index (χ0) is 31.9. The molecule has 1 fully saturated rings. The molecule has 4 aromatic heterocycles. The number of aryl methyl sites for hydroxylation is 1. The smallest absolute Gasteiger partial charge is 0.279 e. The summed E-state index contributed by atoms with van der Waals surface area (Å²) < 4.78 is 4.96. The van der Waals surface area contributed by atoms with Crippen LogP contribution >= 0.6 is 0 Å². The molecule has 234 valence electrons. The van der Waals surface area contributed by atoms with Gasteiger partial charge in [0.15, 0.2) is 0 Å². The largest absolute Gasteiger partial charge is 0.392 e. The molecule has 7 rings (SSSR count). The minimum atomic E-state index is -0.299. The van der Waals surface area contributed by atoms with Crippen LogP contribution in [0.1, 0.15) is 19.4 Å². The zero-order valence-corrected chi connectivity index (χ0v) is 26.2. The van der Waals surface area contributed by atoms with Crippen LogP contribution in [0.3, 0.4) is 0 Å². The summed E-state index contributed by atoms with van der Waals surface area (Å²) in [6.45, 7) is 8.09. The van der Waals surface area contributed by atoms with Crippen LogP contribution in [0.25, 0.3) is 33.2 Å². The molecule has 0 atom stereocenters. The normalized spacial score (nSPS) is 14.1. The molecule has 5 heterocycles. The summed E-state index contributed by atoms with van der Waals surface area (Å²) in [6, 6.07) is 21.6. The first-order valence-corrected chi connectivity index (χ1v) is 15.6. The van der Waals surface area contributed by atoms with Crippen molar-refractivity contribution in [3.63, 3.8) is 0 Å². The van der Waals surface area contributed by atoms with Crippen molar-refractivity contribution in [2.75, 3.05) is 36.4 Å². The van der Waals surface area contributed by atoms with E-state index in [9.17, 15) is 14.7 Å². The highest BCUT2D eigenvalue weighted by molar-refractivity contribution is 5.87. The molecule has 1 aliphatic rings. The Morgan fingerprint density at radius 3 is 2.43 bits per heavy atom. The molecule has 46 heavy (non-hydrogen) atoms. The topological polar surface area (TPSA) is 100 Å². The maximum atomic E-state index is 13.7. The molecule has 0 amide bonds. The number of hydrogen-bond acceptors (Lipinski definition) is 7. The van der Waals surface area contributed by atoms with Gasteiger partial charge in [0.2, 0.25) is 0 Å². The predicted molar refractivity (Wildman–Crippen MR) is 184 cm³/mol. The molecule has 0 spiro atoms. The number of rotatable bonds is 7. The number of nitrogens with zero attached hydrogens (tertiary/aromatic N) is 6. The molecule has 2 aromatic carbocycles. The number of aliphatic hydroxyl groups is 1. The van der Waals surface area contributed by atoms with Crippen LogP contribution in [0, 0.1) is 0 Å². The number of benzene rings is 2. The molecule has 1 saturated heterocycles. The fraction of sp³-hybridized carbons (Fsp3) is 0.250. The number of piperazine rings is 1. The SMILES string of the molecule is CC(C)N1CCN(c2ccc(Nc3cc(-c4cccc(-n5ccn6c(cc7ccccc76)c5=O)c4CO)cn(C)c3=O)nc2)CC1. The molecule has 0 saturated carbocycles. The van der Waals surface area contributed by atoms with E-state index in [1.807, 2.05) is 77.5 Å². The van der Waals surface area contributed by atoms with E-state index >= 15 is 0 Å². The molecule has 0 unspecified atom stereocenters. The Kier molecular flexibility index (Phi) is 7.67. The van der Waals surface area contributed by atoms with E-state index in [1.165, 1.54) is 4.57 Å². The number of anilines is 3. The average molecular weight is 616 g/mol. The summed E-state index contributed by atoms with van der Waals surface area (Å²) in [5.41, 5.74) is 5.11. The monoisotopic (exact) mass is 615 g/mol. The van der Waals surface area contributed by atoms with E-state index in [1.54, 1.807) is 30.1 Å². The van der Waals surface area contributed by atoms with E-state index in [-0.39, 0.29) is 17.7 Å². The molecule has 0 aliphatic carbocycles. The highest BCUT2D eigenvalue weighted by atomic mass is 16.3. The van der Waals surface area contributed by atoms with Crippen LogP contribution in [0.15, 0.2) is 101 Å².